The molecule has 4 heteroatoms. The summed E-state index contributed by atoms with van der Waals surface area (Å²) in [6, 6.07) is 4.78. The smallest absolute Gasteiger partial charge is 0.339 e. The lowest BCUT2D eigenvalue weighted by atomic mass is 10.2. The van der Waals surface area contributed by atoms with Gasteiger partial charge in [0.2, 0.25) is 0 Å². The van der Waals surface area contributed by atoms with E-state index < -0.39 is 5.97 Å². The first-order valence-electron chi connectivity index (χ1n) is 4.63. The van der Waals surface area contributed by atoms with E-state index in [0.717, 1.165) is 0 Å². The van der Waals surface area contributed by atoms with E-state index in [1.54, 1.807) is 12.1 Å². The van der Waals surface area contributed by atoms with Crippen LogP contribution in [0.2, 0.25) is 0 Å². The van der Waals surface area contributed by atoms with Crippen LogP contribution in [0.1, 0.15) is 24.2 Å². The molecule has 0 aliphatic carbocycles. The number of carboxylic acids is 1. The summed E-state index contributed by atoms with van der Waals surface area (Å²) >= 11 is 0. The van der Waals surface area contributed by atoms with E-state index in [1.807, 2.05) is 13.8 Å². The zero-order valence-corrected chi connectivity index (χ0v) is 8.98. The number of rotatable bonds is 4. The minimum atomic E-state index is -1.02. The normalized spacial score (nSPS) is 10.1. The zero-order chi connectivity index (χ0) is 11.4. The van der Waals surface area contributed by atoms with Gasteiger partial charge in [0.05, 0.1) is 13.2 Å². The molecule has 82 valence electrons. The van der Waals surface area contributed by atoms with Crippen molar-refractivity contribution in [1.82, 2.24) is 0 Å². The number of aromatic carboxylic acids is 1. The van der Waals surface area contributed by atoms with Crippen LogP contribution in [0.5, 0.6) is 11.5 Å². The Kier molecular flexibility index (Phi) is 3.55. The van der Waals surface area contributed by atoms with Crippen molar-refractivity contribution in [2.24, 2.45) is 0 Å². The summed E-state index contributed by atoms with van der Waals surface area (Å²) in [7, 11) is 1.48. The Balaban J connectivity index is 3.20. The highest BCUT2D eigenvalue weighted by Gasteiger charge is 2.16. The number of para-hydroxylation sites is 1. The van der Waals surface area contributed by atoms with Crippen molar-refractivity contribution in [2.45, 2.75) is 20.0 Å². The molecule has 0 heterocycles. The van der Waals surface area contributed by atoms with E-state index in [4.69, 9.17) is 14.6 Å². The molecule has 0 spiro atoms. The Labute approximate surface area is 88.4 Å². The maximum atomic E-state index is 10.9. The SMILES string of the molecule is COc1cccc(C(=O)O)c1OC(C)C. The summed E-state index contributed by atoms with van der Waals surface area (Å²) in [4.78, 5) is 10.9. The third kappa shape index (κ3) is 2.62. The van der Waals surface area contributed by atoms with Gasteiger partial charge < -0.3 is 14.6 Å². The molecule has 0 bridgehead atoms. The summed E-state index contributed by atoms with van der Waals surface area (Å²) in [5, 5.41) is 8.96. The Morgan fingerprint density at radius 2 is 2.07 bits per heavy atom. The minimum absolute atomic E-state index is 0.0978. The second kappa shape index (κ2) is 4.68. The van der Waals surface area contributed by atoms with E-state index in [-0.39, 0.29) is 17.4 Å². The maximum absolute atomic E-state index is 10.9. The van der Waals surface area contributed by atoms with Crippen molar-refractivity contribution < 1.29 is 19.4 Å². The Morgan fingerprint density at radius 1 is 1.40 bits per heavy atom. The largest absolute Gasteiger partial charge is 0.493 e. The predicted octanol–water partition coefficient (Wildman–Crippen LogP) is 2.18. The molecule has 0 aliphatic heterocycles. The number of hydrogen-bond donors (Lipinski definition) is 1. The molecule has 0 atom stereocenters. The van der Waals surface area contributed by atoms with Crippen molar-refractivity contribution in [3.63, 3.8) is 0 Å². The first-order valence-corrected chi connectivity index (χ1v) is 4.63. The van der Waals surface area contributed by atoms with Crippen LogP contribution in [0.15, 0.2) is 18.2 Å². The van der Waals surface area contributed by atoms with Gasteiger partial charge in [-0.3, -0.25) is 0 Å². The van der Waals surface area contributed by atoms with Crippen molar-refractivity contribution in [2.75, 3.05) is 7.11 Å². The van der Waals surface area contributed by atoms with Crippen molar-refractivity contribution in [1.29, 1.82) is 0 Å². The molecule has 1 aromatic carbocycles. The highest BCUT2D eigenvalue weighted by Crippen LogP contribution is 2.31. The fraction of sp³-hybridized carbons (Fsp3) is 0.364. The minimum Gasteiger partial charge on any atom is -0.493 e. The van der Waals surface area contributed by atoms with Gasteiger partial charge >= 0.3 is 5.97 Å². The highest BCUT2D eigenvalue weighted by atomic mass is 16.5. The van der Waals surface area contributed by atoms with Gasteiger partial charge in [0.1, 0.15) is 5.56 Å². The van der Waals surface area contributed by atoms with Crippen LogP contribution in [-0.4, -0.2) is 24.3 Å². The van der Waals surface area contributed by atoms with Gasteiger partial charge in [-0.2, -0.15) is 0 Å². The summed E-state index contributed by atoms with van der Waals surface area (Å²) in [5.74, 6) is -0.310. The molecule has 15 heavy (non-hydrogen) atoms. The van der Waals surface area contributed by atoms with Gasteiger partial charge in [-0.05, 0) is 26.0 Å². The highest BCUT2D eigenvalue weighted by molar-refractivity contribution is 5.92. The van der Waals surface area contributed by atoms with E-state index in [0.29, 0.717) is 5.75 Å². The Hall–Kier alpha value is -1.71. The molecule has 0 radical (unpaired) electrons. The first kappa shape index (κ1) is 11.4. The van der Waals surface area contributed by atoms with Gasteiger partial charge in [0.15, 0.2) is 11.5 Å². The third-order valence-corrected chi connectivity index (χ3v) is 1.78. The lowest BCUT2D eigenvalue weighted by molar-refractivity contribution is 0.0689. The topological polar surface area (TPSA) is 55.8 Å². The summed E-state index contributed by atoms with van der Waals surface area (Å²) in [6.07, 6.45) is -0.0978. The molecule has 1 N–H and O–H groups in total. The summed E-state index contributed by atoms with van der Waals surface area (Å²) < 4.78 is 10.5. The third-order valence-electron chi connectivity index (χ3n) is 1.78. The first-order chi connectivity index (χ1) is 7.06. The summed E-state index contributed by atoms with van der Waals surface area (Å²) in [6.45, 7) is 3.66. The van der Waals surface area contributed by atoms with Crippen LogP contribution in [0.4, 0.5) is 0 Å². The van der Waals surface area contributed by atoms with E-state index in [1.165, 1.54) is 13.2 Å². The van der Waals surface area contributed by atoms with Crippen LogP contribution in [-0.2, 0) is 0 Å². The average molecular weight is 210 g/mol. The Bertz CT molecular complexity index is 358. The zero-order valence-electron chi connectivity index (χ0n) is 8.98. The number of methoxy groups -OCH3 is 1. The molecule has 0 saturated carbocycles. The fourth-order valence-corrected chi connectivity index (χ4v) is 1.20. The molecule has 0 saturated heterocycles. The monoisotopic (exact) mass is 210 g/mol. The molecule has 0 amide bonds. The number of ether oxygens (including phenoxy) is 2. The molecular weight excluding hydrogens is 196 g/mol. The molecule has 0 unspecified atom stereocenters. The molecule has 1 rings (SSSR count). The van der Waals surface area contributed by atoms with Crippen LogP contribution < -0.4 is 9.47 Å². The van der Waals surface area contributed by atoms with Gasteiger partial charge in [-0.1, -0.05) is 6.07 Å². The van der Waals surface area contributed by atoms with Crippen LogP contribution in [0.25, 0.3) is 0 Å². The second-order valence-electron chi connectivity index (χ2n) is 3.31. The van der Waals surface area contributed by atoms with Gasteiger partial charge in [-0.15, -0.1) is 0 Å². The van der Waals surface area contributed by atoms with E-state index in [2.05, 4.69) is 0 Å². The molecular formula is C11H14O4. The fourth-order valence-electron chi connectivity index (χ4n) is 1.20. The van der Waals surface area contributed by atoms with Crippen molar-refractivity contribution >= 4 is 5.97 Å². The Morgan fingerprint density at radius 3 is 2.53 bits per heavy atom. The summed E-state index contributed by atoms with van der Waals surface area (Å²) in [5.41, 5.74) is 0.114. The number of carboxylic acid groups (broad SMARTS) is 1. The van der Waals surface area contributed by atoms with Crippen molar-refractivity contribution in [3.05, 3.63) is 23.8 Å². The number of hydrogen-bond acceptors (Lipinski definition) is 3. The predicted molar refractivity (Wildman–Crippen MR) is 55.7 cm³/mol. The number of carbonyl (C=O) groups is 1. The van der Waals surface area contributed by atoms with Crippen LogP contribution in [0, 0.1) is 0 Å². The standard InChI is InChI=1S/C11H14O4/c1-7(2)15-10-8(11(12)13)5-4-6-9(10)14-3/h4-7H,1-3H3,(H,12,13). The molecule has 0 aliphatic rings. The van der Waals surface area contributed by atoms with Crippen LogP contribution >= 0.6 is 0 Å². The molecule has 0 fully saturated rings. The molecule has 1 aromatic rings. The van der Waals surface area contributed by atoms with Gasteiger partial charge in [-0.25, -0.2) is 4.79 Å². The van der Waals surface area contributed by atoms with E-state index >= 15 is 0 Å². The van der Waals surface area contributed by atoms with Crippen LogP contribution in [0.3, 0.4) is 0 Å². The number of benzene rings is 1. The van der Waals surface area contributed by atoms with Gasteiger partial charge in [0.25, 0.3) is 0 Å². The van der Waals surface area contributed by atoms with E-state index in [9.17, 15) is 4.79 Å². The van der Waals surface area contributed by atoms with Crippen molar-refractivity contribution in [3.8, 4) is 11.5 Å². The quantitative estimate of drug-likeness (QED) is 0.827. The van der Waals surface area contributed by atoms with Gasteiger partial charge in [0, 0.05) is 0 Å². The average Bonchev–Trinajstić information content (AvgIpc) is 2.16. The lowest BCUT2D eigenvalue weighted by Gasteiger charge is -2.15. The second-order valence-corrected chi connectivity index (χ2v) is 3.31. The molecule has 0 aromatic heterocycles. The molecule has 4 nitrogen and oxygen atoms in total. The lowest BCUT2D eigenvalue weighted by Crippen LogP contribution is -2.11. The maximum Gasteiger partial charge on any atom is 0.339 e.